The second kappa shape index (κ2) is 10.6. The van der Waals surface area contributed by atoms with Crippen molar-refractivity contribution in [2.45, 2.75) is 78.1 Å². The topological polar surface area (TPSA) is 3.24 Å². The molecule has 1 heteroatoms. The van der Waals surface area contributed by atoms with Crippen molar-refractivity contribution in [2.75, 3.05) is 19.6 Å². The van der Waals surface area contributed by atoms with Gasteiger partial charge in [-0.25, -0.2) is 0 Å². The van der Waals surface area contributed by atoms with Crippen molar-refractivity contribution in [1.82, 2.24) is 4.90 Å². The molecule has 0 amide bonds. The Morgan fingerprint density at radius 2 is 1.67 bits per heavy atom. The normalized spacial score (nSPS) is 18.2. The molecule has 0 saturated carbocycles. The molecule has 1 fully saturated rings. The lowest BCUT2D eigenvalue weighted by Gasteiger charge is -2.27. The van der Waals surface area contributed by atoms with Gasteiger partial charge in [0, 0.05) is 6.54 Å². The van der Waals surface area contributed by atoms with Crippen LogP contribution in [0.25, 0.3) is 0 Å². The van der Waals surface area contributed by atoms with E-state index in [0.29, 0.717) is 0 Å². The number of unbranched alkanes of at least 4 members (excludes halogenated alkanes) is 4. The Bertz CT molecular complexity index is 214. The van der Waals surface area contributed by atoms with Crippen LogP contribution in [0, 0.1) is 0 Å². The predicted molar refractivity (Wildman–Crippen MR) is 82.0 cm³/mol. The Hall–Kier alpha value is -0.300. The molecule has 0 radical (unpaired) electrons. The zero-order chi connectivity index (χ0) is 13.1. The summed E-state index contributed by atoms with van der Waals surface area (Å²) in [6.45, 7) is 8.51. The molecule has 1 aliphatic rings. The summed E-state index contributed by atoms with van der Waals surface area (Å²) >= 11 is 0. The van der Waals surface area contributed by atoms with Crippen molar-refractivity contribution in [3.8, 4) is 0 Å². The third kappa shape index (κ3) is 7.20. The fourth-order valence-electron chi connectivity index (χ4n) is 2.75. The highest BCUT2D eigenvalue weighted by Gasteiger charge is 2.11. The highest BCUT2D eigenvalue weighted by Crippen LogP contribution is 2.16. The van der Waals surface area contributed by atoms with Gasteiger partial charge in [0.05, 0.1) is 0 Å². The second-order valence-electron chi connectivity index (χ2n) is 5.80. The van der Waals surface area contributed by atoms with Gasteiger partial charge in [0.15, 0.2) is 0 Å². The van der Waals surface area contributed by atoms with Crippen molar-refractivity contribution in [3.63, 3.8) is 0 Å². The average Bonchev–Trinajstić information content (AvgIpc) is 2.41. The van der Waals surface area contributed by atoms with Crippen LogP contribution in [0.15, 0.2) is 11.6 Å². The van der Waals surface area contributed by atoms with Crippen molar-refractivity contribution in [1.29, 1.82) is 0 Å². The maximum atomic E-state index is 2.67. The molecular formula is C17H33N. The molecule has 0 N–H and O–H groups in total. The van der Waals surface area contributed by atoms with E-state index >= 15 is 0 Å². The lowest BCUT2D eigenvalue weighted by atomic mass is 10.0. The van der Waals surface area contributed by atoms with E-state index in [1.807, 2.05) is 0 Å². The van der Waals surface area contributed by atoms with Gasteiger partial charge in [-0.2, -0.15) is 0 Å². The lowest BCUT2D eigenvalue weighted by Crippen LogP contribution is -2.31. The van der Waals surface area contributed by atoms with Crippen molar-refractivity contribution < 1.29 is 0 Å². The van der Waals surface area contributed by atoms with E-state index < -0.39 is 0 Å². The smallest absolute Gasteiger partial charge is 0.0192 e. The molecular weight excluding hydrogens is 218 g/mol. The maximum absolute atomic E-state index is 2.67. The van der Waals surface area contributed by atoms with Crippen LogP contribution in [0.5, 0.6) is 0 Å². The number of rotatable bonds is 9. The van der Waals surface area contributed by atoms with Gasteiger partial charge in [0.1, 0.15) is 0 Å². The Kier molecular flexibility index (Phi) is 9.28. The number of nitrogens with zero attached hydrogens (tertiary/aromatic N) is 1. The van der Waals surface area contributed by atoms with Crippen LogP contribution in [-0.2, 0) is 0 Å². The van der Waals surface area contributed by atoms with E-state index in [9.17, 15) is 0 Å². The van der Waals surface area contributed by atoms with Gasteiger partial charge in [0.25, 0.3) is 0 Å². The number of hydrogen-bond acceptors (Lipinski definition) is 1. The van der Waals surface area contributed by atoms with Gasteiger partial charge in [-0.1, -0.05) is 51.2 Å². The third-order valence-electron chi connectivity index (χ3n) is 3.97. The molecule has 106 valence electrons. The summed E-state index contributed by atoms with van der Waals surface area (Å²) in [5, 5.41) is 0. The van der Waals surface area contributed by atoms with Crippen molar-refractivity contribution in [2.24, 2.45) is 0 Å². The van der Waals surface area contributed by atoms with Crippen LogP contribution in [0.2, 0.25) is 0 Å². The molecule has 0 atom stereocenters. The summed E-state index contributed by atoms with van der Waals surface area (Å²) in [5.41, 5.74) is 1.72. The molecule has 0 aliphatic carbocycles. The monoisotopic (exact) mass is 251 g/mol. The molecule has 0 unspecified atom stereocenters. The van der Waals surface area contributed by atoms with E-state index in [4.69, 9.17) is 0 Å². The highest BCUT2D eigenvalue weighted by atomic mass is 15.1. The van der Waals surface area contributed by atoms with E-state index in [1.54, 1.807) is 5.57 Å². The standard InChI is InChI=1S/C17H33N/c1-3-5-7-9-13-17(12-6-4-2)16-18-14-10-8-11-15-18/h13H,3-12,14-16H2,1-2H3/b17-13+. The minimum absolute atomic E-state index is 1.26. The summed E-state index contributed by atoms with van der Waals surface area (Å²) in [4.78, 5) is 2.67. The molecule has 1 heterocycles. The SMILES string of the molecule is CCCCC/C=C(\CCCC)CN1CCCCC1. The first kappa shape index (κ1) is 15.8. The summed E-state index contributed by atoms with van der Waals surface area (Å²) in [5.74, 6) is 0. The fourth-order valence-corrected chi connectivity index (χ4v) is 2.75. The largest absolute Gasteiger partial charge is 0.299 e. The zero-order valence-corrected chi connectivity index (χ0v) is 12.7. The quantitative estimate of drug-likeness (QED) is 0.404. The van der Waals surface area contributed by atoms with Gasteiger partial charge in [-0.15, -0.1) is 0 Å². The number of allylic oxidation sites excluding steroid dienone is 1. The Morgan fingerprint density at radius 1 is 0.944 bits per heavy atom. The predicted octanol–water partition coefficient (Wildman–Crippen LogP) is 5.17. The molecule has 0 aromatic heterocycles. The van der Waals surface area contributed by atoms with E-state index in [2.05, 4.69) is 24.8 Å². The Morgan fingerprint density at radius 3 is 2.33 bits per heavy atom. The number of hydrogen-bond donors (Lipinski definition) is 0. The van der Waals surface area contributed by atoms with Crippen LogP contribution in [-0.4, -0.2) is 24.5 Å². The van der Waals surface area contributed by atoms with Crippen molar-refractivity contribution >= 4 is 0 Å². The molecule has 1 nitrogen and oxygen atoms in total. The third-order valence-corrected chi connectivity index (χ3v) is 3.97. The van der Waals surface area contributed by atoms with Crippen LogP contribution in [0.4, 0.5) is 0 Å². The molecule has 1 aliphatic heterocycles. The summed E-state index contributed by atoms with van der Waals surface area (Å²) < 4.78 is 0. The fraction of sp³-hybridized carbons (Fsp3) is 0.882. The van der Waals surface area contributed by atoms with Gasteiger partial charge < -0.3 is 0 Å². The first-order valence-corrected chi connectivity index (χ1v) is 8.27. The first-order valence-electron chi connectivity index (χ1n) is 8.27. The van der Waals surface area contributed by atoms with E-state index in [-0.39, 0.29) is 0 Å². The number of piperidine rings is 1. The van der Waals surface area contributed by atoms with E-state index in [0.717, 1.165) is 0 Å². The zero-order valence-electron chi connectivity index (χ0n) is 12.7. The van der Waals surface area contributed by atoms with Crippen LogP contribution in [0.1, 0.15) is 78.1 Å². The summed E-state index contributed by atoms with van der Waals surface area (Å²) in [6.07, 6.45) is 16.3. The lowest BCUT2D eigenvalue weighted by molar-refractivity contribution is 0.244. The molecule has 0 aromatic rings. The molecule has 0 spiro atoms. The van der Waals surface area contributed by atoms with Crippen LogP contribution < -0.4 is 0 Å². The van der Waals surface area contributed by atoms with Crippen LogP contribution >= 0.6 is 0 Å². The molecule has 1 rings (SSSR count). The Balaban J connectivity index is 2.32. The minimum atomic E-state index is 1.26. The number of likely N-dealkylation sites (tertiary alicyclic amines) is 1. The van der Waals surface area contributed by atoms with Crippen molar-refractivity contribution in [3.05, 3.63) is 11.6 Å². The van der Waals surface area contributed by atoms with Gasteiger partial charge in [0.2, 0.25) is 0 Å². The first-order chi connectivity index (χ1) is 8.86. The minimum Gasteiger partial charge on any atom is -0.299 e. The highest BCUT2D eigenvalue weighted by molar-refractivity contribution is 5.05. The van der Waals surface area contributed by atoms with Gasteiger partial charge in [-0.05, 0) is 51.6 Å². The molecule has 18 heavy (non-hydrogen) atoms. The average molecular weight is 251 g/mol. The van der Waals surface area contributed by atoms with Gasteiger partial charge in [-0.3, -0.25) is 4.90 Å². The maximum Gasteiger partial charge on any atom is 0.0192 e. The Labute approximate surface area is 115 Å². The van der Waals surface area contributed by atoms with Gasteiger partial charge >= 0.3 is 0 Å². The summed E-state index contributed by atoms with van der Waals surface area (Å²) in [7, 11) is 0. The summed E-state index contributed by atoms with van der Waals surface area (Å²) in [6, 6.07) is 0. The molecule has 1 saturated heterocycles. The van der Waals surface area contributed by atoms with E-state index in [1.165, 1.54) is 83.8 Å². The van der Waals surface area contributed by atoms with Crippen LogP contribution in [0.3, 0.4) is 0 Å². The molecule has 0 bridgehead atoms. The molecule has 0 aromatic carbocycles. The second-order valence-corrected chi connectivity index (χ2v) is 5.80.